The maximum absolute atomic E-state index is 5.50. The molecule has 17 heavy (non-hydrogen) atoms. The molecule has 0 amide bonds. The van der Waals surface area contributed by atoms with Crippen LogP contribution in [0.5, 0.6) is 0 Å². The zero-order valence-corrected chi connectivity index (χ0v) is 11.3. The van der Waals surface area contributed by atoms with Gasteiger partial charge in [0.25, 0.3) is 0 Å². The molecule has 3 nitrogen and oxygen atoms in total. The fourth-order valence-electron chi connectivity index (χ4n) is 1.59. The Morgan fingerprint density at radius 3 is 2.88 bits per heavy atom. The second kappa shape index (κ2) is 5.47. The summed E-state index contributed by atoms with van der Waals surface area (Å²) in [4.78, 5) is 6.82. The Morgan fingerprint density at radius 2 is 2.24 bits per heavy atom. The quantitative estimate of drug-likeness (QED) is 0.883. The molecule has 0 aliphatic carbocycles. The standard InChI is InChI=1S/C13H18N2OS/c1-4-10-5-6-12(17-10)13-11(15-8-16-13)7-14-9(2)3/h5-6,8-9,14H,4,7H2,1-3H3. The van der Waals surface area contributed by atoms with Gasteiger partial charge in [0, 0.05) is 17.5 Å². The molecule has 0 bridgehead atoms. The van der Waals surface area contributed by atoms with Crippen LogP contribution in [0.15, 0.2) is 22.9 Å². The van der Waals surface area contributed by atoms with Gasteiger partial charge < -0.3 is 9.73 Å². The van der Waals surface area contributed by atoms with Crippen molar-refractivity contribution >= 4 is 11.3 Å². The molecule has 2 heterocycles. The fraction of sp³-hybridized carbons (Fsp3) is 0.462. The molecule has 2 aromatic heterocycles. The van der Waals surface area contributed by atoms with Gasteiger partial charge in [-0.25, -0.2) is 4.98 Å². The molecule has 0 atom stereocenters. The van der Waals surface area contributed by atoms with Crippen LogP contribution in [0.4, 0.5) is 0 Å². The summed E-state index contributed by atoms with van der Waals surface area (Å²) in [6.07, 6.45) is 2.59. The van der Waals surface area contributed by atoms with Gasteiger partial charge in [0.1, 0.15) is 5.69 Å². The number of oxazole rings is 1. The Kier molecular flexibility index (Phi) is 3.97. The Labute approximate surface area is 106 Å². The van der Waals surface area contributed by atoms with Crippen molar-refractivity contribution in [2.75, 3.05) is 0 Å². The topological polar surface area (TPSA) is 38.1 Å². The maximum Gasteiger partial charge on any atom is 0.181 e. The first-order valence-corrected chi connectivity index (χ1v) is 6.77. The number of hydrogen-bond donors (Lipinski definition) is 1. The molecule has 0 aliphatic heterocycles. The fourth-order valence-corrected chi connectivity index (χ4v) is 2.54. The summed E-state index contributed by atoms with van der Waals surface area (Å²) in [6.45, 7) is 7.17. The van der Waals surface area contributed by atoms with E-state index < -0.39 is 0 Å². The second-order valence-corrected chi connectivity index (χ2v) is 5.45. The minimum Gasteiger partial charge on any atom is -0.442 e. The first-order valence-electron chi connectivity index (χ1n) is 5.95. The third kappa shape index (κ3) is 2.96. The van der Waals surface area contributed by atoms with Crippen LogP contribution in [-0.4, -0.2) is 11.0 Å². The molecule has 0 saturated carbocycles. The molecule has 1 N–H and O–H groups in total. The molecule has 0 aromatic carbocycles. The van der Waals surface area contributed by atoms with Crippen molar-refractivity contribution in [1.29, 1.82) is 0 Å². The van der Waals surface area contributed by atoms with Gasteiger partial charge in [-0.15, -0.1) is 11.3 Å². The monoisotopic (exact) mass is 250 g/mol. The summed E-state index contributed by atoms with van der Waals surface area (Å²) in [7, 11) is 0. The number of aromatic nitrogens is 1. The van der Waals surface area contributed by atoms with E-state index in [1.807, 2.05) is 0 Å². The van der Waals surface area contributed by atoms with E-state index in [4.69, 9.17) is 4.42 Å². The summed E-state index contributed by atoms with van der Waals surface area (Å²) in [5.41, 5.74) is 0.989. The highest BCUT2D eigenvalue weighted by atomic mass is 32.1. The molecule has 2 rings (SSSR count). The van der Waals surface area contributed by atoms with E-state index in [1.54, 1.807) is 11.3 Å². The predicted molar refractivity (Wildman–Crippen MR) is 71.2 cm³/mol. The average Bonchev–Trinajstić information content (AvgIpc) is 2.94. The molecule has 0 spiro atoms. The van der Waals surface area contributed by atoms with Crippen LogP contribution in [0, 0.1) is 0 Å². The SMILES string of the molecule is CCc1ccc(-c2ocnc2CNC(C)C)s1. The Bertz CT molecular complexity index is 473. The van der Waals surface area contributed by atoms with Crippen LogP contribution in [-0.2, 0) is 13.0 Å². The van der Waals surface area contributed by atoms with E-state index in [9.17, 15) is 0 Å². The predicted octanol–water partition coefficient (Wildman–Crippen LogP) is 3.46. The number of aryl methyl sites for hydroxylation is 1. The molecule has 92 valence electrons. The maximum atomic E-state index is 5.50. The van der Waals surface area contributed by atoms with Gasteiger partial charge in [0.05, 0.1) is 4.88 Å². The molecule has 4 heteroatoms. The lowest BCUT2D eigenvalue weighted by Gasteiger charge is -2.06. The van der Waals surface area contributed by atoms with Crippen molar-refractivity contribution in [3.05, 3.63) is 29.1 Å². The normalized spacial score (nSPS) is 11.3. The van der Waals surface area contributed by atoms with Gasteiger partial charge in [0.15, 0.2) is 12.2 Å². The lowest BCUT2D eigenvalue weighted by atomic mass is 10.2. The molecular weight excluding hydrogens is 232 g/mol. The molecule has 0 unspecified atom stereocenters. The minimum atomic E-state index is 0.453. The molecule has 0 fully saturated rings. The zero-order chi connectivity index (χ0) is 12.3. The van der Waals surface area contributed by atoms with E-state index >= 15 is 0 Å². The van der Waals surface area contributed by atoms with Crippen LogP contribution < -0.4 is 5.32 Å². The Morgan fingerprint density at radius 1 is 1.41 bits per heavy atom. The number of nitrogens with zero attached hydrogens (tertiary/aromatic N) is 1. The van der Waals surface area contributed by atoms with E-state index in [0.717, 1.165) is 24.4 Å². The number of nitrogens with one attached hydrogen (secondary N) is 1. The first-order chi connectivity index (χ1) is 8.20. The number of hydrogen-bond acceptors (Lipinski definition) is 4. The lowest BCUT2D eigenvalue weighted by Crippen LogP contribution is -2.22. The highest BCUT2D eigenvalue weighted by molar-refractivity contribution is 7.15. The summed E-state index contributed by atoms with van der Waals surface area (Å²) >= 11 is 1.78. The van der Waals surface area contributed by atoms with Crippen molar-refractivity contribution in [2.45, 2.75) is 39.8 Å². The van der Waals surface area contributed by atoms with Crippen LogP contribution in [0.3, 0.4) is 0 Å². The van der Waals surface area contributed by atoms with Crippen LogP contribution in [0.25, 0.3) is 10.6 Å². The highest BCUT2D eigenvalue weighted by Crippen LogP contribution is 2.30. The Balaban J connectivity index is 2.18. The number of thiophene rings is 1. The van der Waals surface area contributed by atoms with E-state index in [2.05, 4.69) is 43.2 Å². The van der Waals surface area contributed by atoms with Gasteiger partial charge in [0.2, 0.25) is 0 Å². The van der Waals surface area contributed by atoms with Crippen molar-refractivity contribution in [3.63, 3.8) is 0 Å². The smallest absolute Gasteiger partial charge is 0.181 e. The summed E-state index contributed by atoms with van der Waals surface area (Å²) in [5.74, 6) is 0.905. The highest BCUT2D eigenvalue weighted by Gasteiger charge is 2.12. The molecule has 0 aliphatic rings. The van der Waals surface area contributed by atoms with Gasteiger partial charge in [-0.3, -0.25) is 0 Å². The average molecular weight is 250 g/mol. The van der Waals surface area contributed by atoms with Gasteiger partial charge >= 0.3 is 0 Å². The van der Waals surface area contributed by atoms with Crippen molar-refractivity contribution in [1.82, 2.24) is 10.3 Å². The molecule has 0 saturated heterocycles. The van der Waals surface area contributed by atoms with E-state index in [-0.39, 0.29) is 0 Å². The van der Waals surface area contributed by atoms with Gasteiger partial charge in [-0.1, -0.05) is 20.8 Å². The summed E-state index contributed by atoms with van der Waals surface area (Å²) < 4.78 is 5.50. The first kappa shape index (κ1) is 12.3. The second-order valence-electron chi connectivity index (χ2n) is 4.28. The van der Waals surface area contributed by atoms with E-state index in [0.29, 0.717) is 6.04 Å². The van der Waals surface area contributed by atoms with Gasteiger partial charge in [-0.05, 0) is 18.6 Å². The van der Waals surface area contributed by atoms with Crippen LogP contribution in [0.1, 0.15) is 31.3 Å². The van der Waals surface area contributed by atoms with Crippen molar-refractivity contribution < 1.29 is 4.42 Å². The van der Waals surface area contributed by atoms with Crippen molar-refractivity contribution in [2.24, 2.45) is 0 Å². The Hall–Kier alpha value is -1.13. The number of rotatable bonds is 5. The summed E-state index contributed by atoms with van der Waals surface area (Å²) in [6, 6.07) is 4.72. The summed E-state index contributed by atoms with van der Waals surface area (Å²) in [5, 5.41) is 3.36. The molecular formula is C13H18N2OS. The van der Waals surface area contributed by atoms with Crippen LogP contribution in [0.2, 0.25) is 0 Å². The van der Waals surface area contributed by atoms with E-state index in [1.165, 1.54) is 16.1 Å². The molecule has 0 radical (unpaired) electrons. The molecule has 2 aromatic rings. The van der Waals surface area contributed by atoms with Crippen molar-refractivity contribution in [3.8, 4) is 10.6 Å². The van der Waals surface area contributed by atoms with Gasteiger partial charge in [-0.2, -0.15) is 0 Å². The minimum absolute atomic E-state index is 0.453. The third-order valence-electron chi connectivity index (χ3n) is 2.55. The largest absolute Gasteiger partial charge is 0.442 e. The lowest BCUT2D eigenvalue weighted by molar-refractivity contribution is 0.564. The zero-order valence-electron chi connectivity index (χ0n) is 10.5. The third-order valence-corrected chi connectivity index (χ3v) is 3.78. The van der Waals surface area contributed by atoms with Crippen LogP contribution >= 0.6 is 11.3 Å².